The van der Waals surface area contributed by atoms with Crippen LogP contribution in [0.4, 0.5) is 5.88 Å². The fourth-order valence-electron chi connectivity index (χ4n) is 3.10. The summed E-state index contributed by atoms with van der Waals surface area (Å²) in [6, 6.07) is 2.49. The lowest BCUT2D eigenvalue weighted by atomic mass is 10.0. The van der Waals surface area contributed by atoms with Crippen molar-refractivity contribution in [3.05, 3.63) is 28.0 Å². The maximum atomic E-state index is 12.4. The van der Waals surface area contributed by atoms with E-state index in [1.54, 1.807) is 4.90 Å². The number of rotatable bonds is 3. The van der Waals surface area contributed by atoms with Crippen LogP contribution in [0.15, 0.2) is 16.5 Å². The molecular weight excluding hydrogens is 304 g/mol. The predicted molar refractivity (Wildman–Crippen MR) is 78.9 cm³/mol. The molecule has 0 bridgehead atoms. The van der Waals surface area contributed by atoms with Crippen LogP contribution in [-0.4, -0.2) is 65.3 Å². The zero-order chi connectivity index (χ0) is 16.4. The second-order valence-electron chi connectivity index (χ2n) is 5.71. The zero-order valence-electron chi connectivity index (χ0n) is 12.6. The van der Waals surface area contributed by atoms with Crippen molar-refractivity contribution in [3.8, 4) is 0 Å². The number of furan rings is 1. The van der Waals surface area contributed by atoms with Gasteiger partial charge in [-0.3, -0.25) is 19.7 Å². The van der Waals surface area contributed by atoms with Gasteiger partial charge in [0.25, 0.3) is 5.91 Å². The Balaban J connectivity index is 1.68. The van der Waals surface area contributed by atoms with Crippen LogP contribution in [0.25, 0.3) is 0 Å². The van der Waals surface area contributed by atoms with Crippen LogP contribution in [0.3, 0.4) is 0 Å². The molecular formula is C14H18N4O5. The van der Waals surface area contributed by atoms with Crippen LogP contribution in [-0.2, 0) is 4.79 Å². The van der Waals surface area contributed by atoms with E-state index < -0.39 is 10.8 Å². The maximum absolute atomic E-state index is 12.4. The van der Waals surface area contributed by atoms with Crippen molar-refractivity contribution in [3.63, 3.8) is 0 Å². The summed E-state index contributed by atoms with van der Waals surface area (Å²) in [6.07, 6.45) is 1.64. The third-order valence-corrected chi connectivity index (χ3v) is 4.23. The molecule has 0 saturated carbocycles. The van der Waals surface area contributed by atoms with Gasteiger partial charge in [0.2, 0.25) is 5.91 Å². The molecule has 3 heterocycles. The second kappa shape index (κ2) is 6.37. The Morgan fingerprint density at radius 1 is 1.39 bits per heavy atom. The Morgan fingerprint density at radius 3 is 2.91 bits per heavy atom. The van der Waals surface area contributed by atoms with Crippen LogP contribution in [0.1, 0.15) is 23.4 Å². The van der Waals surface area contributed by atoms with Crippen LogP contribution >= 0.6 is 0 Å². The van der Waals surface area contributed by atoms with Crippen LogP contribution in [0, 0.1) is 10.1 Å². The molecule has 124 valence electrons. The highest BCUT2D eigenvalue weighted by Gasteiger charge is 2.33. The second-order valence-corrected chi connectivity index (χ2v) is 5.71. The van der Waals surface area contributed by atoms with Gasteiger partial charge in [0.15, 0.2) is 5.76 Å². The molecule has 3 rings (SSSR count). The Bertz CT molecular complexity index is 628. The molecule has 9 heteroatoms. The van der Waals surface area contributed by atoms with E-state index in [2.05, 4.69) is 5.32 Å². The first-order valence-corrected chi connectivity index (χ1v) is 7.60. The van der Waals surface area contributed by atoms with Gasteiger partial charge in [-0.2, -0.15) is 0 Å². The fourth-order valence-corrected chi connectivity index (χ4v) is 3.10. The highest BCUT2D eigenvalue weighted by atomic mass is 16.6. The van der Waals surface area contributed by atoms with Gasteiger partial charge in [-0.05, 0) is 18.9 Å². The van der Waals surface area contributed by atoms with E-state index in [4.69, 9.17) is 4.42 Å². The average Bonchev–Trinajstić information content (AvgIpc) is 3.05. The Kier molecular flexibility index (Phi) is 4.28. The number of hydrogen-bond donors (Lipinski definition) is 1. The summed E-state index contributed by atoms with van der Waals surface area (Å²) >= 11 is 0. The molecule has 0 radical (unpaired) electrons. The number of carbonyl (C=O) groups excluding carboxylic acids is 2. The minimum atomic E-state index is -0.671. The van der Waals surface area contributed by atoms with Crippen molar-refractivity contribution in [2.45, 2.75) is 18.9 Å². The third-order valence-electron chi connectivity index (χ3n) is 4.23. The molecule has 1 atom stereocenters. The van der Waals surface area contributed by atoms with E-state index >= 15 is 0 Å². The van der Waals surface area contributed by atoms with Crippen LogP contribution < -0.4 is 5.32 Å². The summed E-state index contributed by atoms with van der Waals surface area (Å²) in [5, 5.41) is 13.7. The summed E-state index contributed by atoms with van der Waals surface area (Å²) in [5.74, 6) is -0.808. The smallest absolute Gasteiger partial charge is 0.395 e. The maximum Gasteiger partial charge on any atom is 0.433 e. The van der Waals surface area contributed by atoms with Crippen molar-refractivity contribution < 1.29 is 18.9 Å². The van der Waals surface area contributed by atoms with E-state index in [0.717, 1.165) is 19.4 Å². The summed E-state index contributed by atoms with van der Waals surface area (Å²) < 4.78 is 4.98. The van der Waals surface area contributed by atoms with Gasteiger partial charge in [-0.15, -0.1) is 0 Å². The molecule has 1 N–H and O–H groups in total. The van der Waals surface area contributed by atoms with E-state index in [1.807, 2.05) is 4.90 Å². The number of piperazine rings is 1. The lowest BCUT2D eigenvalue weighted by molar-refractivity contribution is -0.402. The third kappa shape index (κ3) is 3.19. The Morgan fingerprint density at radius 2 is 2.22 bits per heavy atom. The number of nitrogens with zero attached hydrogens (tertiary/aromatic N) is 3. The van der Waals surface area contributed by atoms with E-state index in [-0.39, 0.29) is 23.6 Å². The monoisotopic (exact) mass is 322 g/mol. The van der Waals surface area contributed by atoms with Gasteiger partial charge >= 0.3 is 5.88 Å². The molecule has 2 aliphatic rings. The van der Waals surface area contributed by atoms with E-state index in [9.17, 15) is 19.7 Å². The van der Waals surface area contributed by atoms with Crippen LogP contribution in [0.2, 0.25) is 0 Å². The quantitative estimate of drug-likeness (QED) is 0.630. The summed E-state index contributed by atoms with van der Waals surface area (Å²) in [7, 11) is 0. The van der Waals surface area contributed by atoms with Gasteiger partial charge in [0, 0.05) is 32.2 Å². The molecule has 2 amide bonds. The molecule has 2 aliphatic heterocycles. The highest BCUT2D eigenvalue weighted by molar-refractivity contribution is 5.92. The average molecular weight is 322 g/mol. The number of nitrogens with one attached hydrogen (secondary N) is 1. The molecule has 1 aromatic heterocycles. The van der Waals surface area contributed by atoms with Crippen molar-refractivity contribution in [2.24, 2.45) is 0 Å². The summed E-state index contributed by atoms with van der Waals surface area (Å²) in [5.41, 5.74) is 0. The first-order chi connectivity index (χ1) is 11.1. The molecule has 9 nitrogen and oxygen atoms in total. The molecule has 1 aromatic rings. The van der Waals surface area contributed by atoms with Crippen LogP contribution in [0.5, 0.6) is 0 Å². The standard InChI is InChI=1S/C14H18N4O5/c19-12-8-15-5-7-17(12)10-2-1-6-16(9-10)14(20)11-3-4-13(23-11)18(21)22/h3-4,10,15H,1-2,5-9H2. The number of nitro groups is 1. The van der Waals surface area contributed by atoms with Crippen molar-refractivity contribution >= 4 is 17.7 Å². The van der Waals surface area contributed by atoms with Crippen molar-refractivity contribution in [1.82, 2.24) is 15.1 Å². The topological polar surface area (TPSA) is 109 Å². The van der Waals surface area contributed by atoms with Crippen molar-refractivity contribution in [1.29, 1.82) is 0 Å². The number of piperidine rings is 1. The molecule has 0 aliphatic carbocycles. The SMILES string of the molecule is O=C(c1ccc([N+](=O)[O-])o1)N1CCCC(N2CCNCC2=O)C1. The van der Waals surface area contributed by atoms with Gasteiger partial charge in [0.1, 0.15) is 4.92 Å². The summed E-state index contributed by atoms with van der Waals surface area (Å²) in [4.78, 5) is 37.8. The number of carbonyl (C=O) groups is 2. The lowest BCUT2D eigenvalue weighted by Crippen LogP contribution is -2.57. The zero-order valence-corrected chi connectivity index (χ0v) is 12.6. The van der Waals surface area contributed by atoms with Gasteiger partial charge in [0.05, 0.1) is 12.6 Å². The molecule has 0 spiro atoms. The summed E-state index contributed by atoms with van der Waals surface area (Å²) in [6.45, 7) is 2.70. The predicted octanol–water partition coefficient (Wildman–Crippen LogP) is 0.224. The van der Waals surface area contributed by atoms with Gasteiger partial charge in [-0.1, -0.05) is 0 Å². The van der Waals surface area contributed by atoms with Gasteiger partial charge in [-0.25, -0.2) is 0 Å². The molecule has 1 unspecified atom stereocenters. The molecule has 2 fully saturated rings. The minimum Gasteiger partial charge on any atom is -0.395 e. The number of hydrogen-bond acceptors (Lipinski definition) is 6. The Labute approximate surface area is 132 Å². The minimum absolute atomic E-state index is 0.00718. The molecule has 23 heavy (non-hydrogen) atoms. The molecule has 2 saturated heterocycles. The number of amides is 2. The lowest BCUT2D eigenvalue weighted by Gasteiger charge is -2.40. The molecule has 0 aromatic carbocycles. The largest absolute Gasteiger partial charge is 0.433 e. The van der Waals surface area contributed by atoms with Crippen molar-refractivity contribution in [2.75, 3.05) is 32.7 Å². The first-order valence-electron chi connectivity index (χ1n) is 7.60. The number of likely N-dealkylation sites (tertiary alicyclic amines) is 1. The normalized spacial score (nSPS) is 22.3. The fraction of sp³-hybridized carbons (Fsp3) is 0.571. The van der Waals surface area contributed by atoms with Gasteiger partial charge < -0.3 is 19.5 Å². The highest BCUT2D eigenvalue weighted by Crippen LogP contribution is 2.21. The Hall–Kier alpha value is -2.42. The first kappa shape index (κ1) is 15.5. The van der Waals surface area contributed by atoms with E-state index in [1.165, 1.54) is 12.1 Å². The van der Waals surface area contributed by atoms with E-state index in [0.29, 0.717) is 26.2 Å².